The van der Waals surface area contributed by atoms with Crippen molar-refractivity contribution in [3.63, 3.8) is 0 Å². The van der Waals surface area contributed by atoms with E-state index in [4.69, 9.17) is 6.42 Å². The number of pyridine rings is 1. The lowest BCUT2D eigenvalue weighted by Gasteiger charge is -1.89. The van der Waals surface area contributed by atoms with Gasteiger partial charge in [0.05, 0.1) is 0 Å². The molecule has 0 aromatic carbocycles. The monoisotopic (exact) mass is 115 g/mol. The van der Waals surface area contributed by atoms with Crippen molar-refractivity contribution in [2.75, 3.05) is 0 Å². The molecule has 0 N–H and O–H groups in total. The van der Waals surface area contributed by atoms with Crippen molar-refractivity contribution in [2.45, 2.75) is 0 Å². The van der Waals surface area contributed by atoms with Gasteiger partial charge in [0.25, 0.3) is 0 Å². The highest BCUT2D eigenvalue weighted by Crippen LogP contribution is 1.86. The van der Waals surface area contributed by atoms with Gasteiger partial charge < -0.3 is 0 Å². The third-order valence-corrected chi connectivity index (χ3v) is 1.04. The number of terminal acetylenes is 1. The quantitative estimate of drug-likeness (QED) is 0.322. The van der Waals surface area contributed by atoms with Gasteiger partial charge in [0.1, 0.15) is 7.85 Å². The van der Waals surface area contributed by atoms with E-state index in [-0.39, 0.29) is 0 Å². The summed E-state index contributed by atoms with van der Waals surface area (Å²) in [7, 11) is 1.97. The summed E-state index contributed by atoms with van der Waals surface area (Å²) in [6.45, 7) is 0. The molecule has 0 aliphatic carbocycles. The van der Waals surface area contributed by atoms with Gasteiger partial charge in [-0.15, -0.1) is 6.42 Å². The van der Waals surface area contributed by atoms with E-state index in [2.05, 4.69) is 10.9 Å². The highest BCUT2D eigenvalue weighted by Gasteiger charge is 1.85. The molecule has 0 aliphatic heterocycles. The van der Waals surface area contributed by atoms with Gasteiger partial charge in [0.15, 0.2) is 0 Å². The van der Waals surface area contributed by atoms with E-state index in [0.29, 0.717) is 0 Å². The molecule has 2 heteroatoms. The van der Waals surface area contributed by atoms with Crippen molar-refractivity contribution in [3.8, 4) is 12.3 Å². The van der Waals surface area contributed by atoms with Crippen LogP contribution in [-0.4, -0.2) is 12.8 Å². The fraction of sp³-hybridized carbons (Fsp3) is 0. The van der Waals surface area contributed by atoms with Gasteiger partial charge in [0.2, 0.25) is 0 Å². The number of aromatic nitrogens is 1. The van der Waals surface area contributed by atoms with Crippen molar-refractivity contribution in [2.24, 2.45) is 0 Å². The zero-order chi connectivity index (χ0) is 6.69. The molecule has 0 spiro atoms. The molecule has 0 saturated heterocycles. The first kappa shape index (κ1) is 5.90. The van der Waals surface area contributed by atoms with Crippen LogP contribution in [0.2, 0.25) is 0 Å². The van der Waals surface area contributed by atoms with E-state index in [1.54, 1.807) is 12.4 Å². The van der Waals surface area contributed by atoms with Crippen LogP contribution in [0.4, 0.5) is 0 Å². The fourth-order valence-electron chi connectivity index (χ4n) is 0.634. The average Bonchev–Trinajstić information content (AvgIpc) is 1.88. The molecule has 0 unspecified atom stereocenters. The summed E-state index contributed by atoms with van der Waals surface area (Å²) in [4.78, 5) is 3.91. The molecule has 1 aromatic rings. The van der Waals surface area contributed by atoms with Crippen LogP contribution in [0.25, 0.3) is 0 Å². The first-order chi connectivity index (χ1) is 4.33. The minimum absolute atomic E-state index is 0.843. The van der Waals surface area contributed by atoms with Crippen LogP contribution >= 0.6 is 0 Å². The number of hydrogen-bond donors (Lipinski definition) is 0. The fourth-order valence-corrected chi connectivity index (χ4v) is 0.634. The molecular weight excluding hydrogens is 109 g/mol. The third kappa shape index (κ3) is 1.33. The summed E-state index contributed by atoms with van der Waals surface area (Å²) >= 11 is 0. The van der Waals surface area contributed by atoms with Crippen molar-refractivity contribution in [1.82, 2.24) is 4.98 Å². The lowest BCUT2D eigenvalue weighted by molar-refractivity contribution is 1.33. The highest BCUT2D eigenvalue weighted by molar-refractivity contribution is 6.32. The molecule has 0 atom stereocenters. The number of nitrogens with zero attached hydrogens (tertiary/aromatic N) is 1. The Morgan fingerprint density at radius 3 is 2.78 bits per heavy atom. The van der Waals surface area contributed by atoms with Crippen LogP contribution in [0.3, 0.4) is 0 Å². The van der Waals surface area contributed by atoms with E-state index < -0.39 is 0 Å². The second-order valence-corrected chi connectivity index (χ2v) is 1.90. The Morgan fingerprint density at radius 1 is 1.56 bits per heavy atom. The molecule has 0 saturated carbocycles. The molecule has 1 rings (SSSR count). The topological polar surface area (TPSA) is 12.9 Å². The maximum absolute atomic E-state index is 5.13. The zero-order valence-electron chi connectivity index (χ0n) is 5.26. The molecular formula is C7H6BN. The molecule has 0 radical (unpaired) electrons. The van der Waals surface area contributed by atoms with Gasteiger partial charge in [0, 0.05) is 18.0 Å². The van der Waals surface area contributed by atoms with Crippen LogP contribution < -0.4 is 5.46 Å². The molecule has 0 fully saturated rings. The third-order valence-electron chi connectivity index (χ3n) is 1.04. The molecule has 0 bridgehead atoms. The van der Waals surface area contributed by atoms with E-state index in [1.807, 2.05) is 13.9 Å². The lowest BCUT2D eigenvalue weighted by Crippen LogP contribution is -2.02. The molecule has 42 valence electrons. The van der Waals surface area contributed by atoms with Crippen LogP contribution in [0.5, 0.6) is 0 Å². The van der Waals surface area contributed by atoms with Crippen molar-refractivity contribution >= 4 is 13.3 Å². The van der Waals surface area contributed by atoms with Gasteiger partial charge in [-0.05, 0) is 6.07 Å². The second kappa shape index (κ2) is 2.36. The number of hydrogen-bond acceptors (Lipinski definition) is 1. The van der Waals surface area contributed by atoms with Gasteiger partial charge >= 0.3 is 0 Å². The Kier molecular flexibility index (Phi) is 1.55. The second-order valence-electron chi connectivity index (χ2n) is 1.90. The highest BCUT2D eigenvalue weighted by atomic mass is 14.6. The standard InChI is InChI=1S/C7H6BN/c1-2-6-3-7(8)5-9-4-6/h1,3-5H,8H2. The first-order valence-corrected chi connectivity index (χ1v) is 2.71. The summed E-state index contributed by atoms with van der Waals surface area (Å²) in [5, 5.41) is 0. The van der Waals surface area contributed by atoms with Gasteiger partial charge in [-0.25, -0.2) is 0 Å². The van der Waals surface area contributed by atoms with E-state index >= 15 is 0 Å². The Morgan fingerprint density at radius 2 is 2.33 bits per heavy atom. The van der Waals surface area contributed by atoms with E-state index in [1.165, 1.54) is 0 Å². The summed E-state index contributed by atoms with van der Waals surface area (Å²) in [5.41, 5.74) is 1.94. The first-order valence-electron chi connectivity index (χ1n) is 2.71. The smallest absolute Gasteiger partial charge is 0.141 e. The van der Waals surface area contributed by atoms with Crippen LogP contribution in [0.15, 0.2) is 18.5 Å². The van der Waals surface area contributed by atoms with Crippen molar-refractivity contribution in [3.05, 3.63) is 24.0 Å². The zero-order valence-corrected chi connectivity index (χ0v) is 5.26. The lowest BCUT2D eigenvalue weighted by atomic mass is 9.97. The molecule has 1 aromatic heterocycles. The van der Waals surface area contributed by atoms with Gasteiger partial charge in [-0.3, -0.25) is 4.98 Å². The minimum Gasteiger partial charge on any atom is -0.264 e. The normalized spacial score (nSPS) is 8.33. The molecule has 0 amide bonds. The largest absolute Gasteiger partial charge is 0.264 e. The predicted octanol–water partition coefficient (Wildman–Crippen LogP) is -0.679. The average molecular weight is 115 g/mol. The molecule has 1 heterocycles. The summed E-state index contributed by atoms with van der Waals surface area (Å²) in [6.07, 6.45) is 8.58. The SMILES string of the molecule is Bc1cncc(C#C)c1. The molecule has 9 heavy (non-hydrogen) atoms. The predicted molar refractivity (Wildman–Crippen MR) is 40.4 cm³/mol. The van der Waals surface area contributed by atoms with Crippen molar-refractivity contribution < 1.29 is 0 Å². The maximum Gasteiger partial charge on any atom is 0.141 e. The maximum atomic E-state index is 5.13. The van der Waals surface area contributed by atoms with Crippen LogP contribution in [0, 0.1) is 12.3 Å². The number of rotatable bonds is 0. The Balaban J connectivity index is 3.12. The van der Waals surface area contributed by atoms with E-state index in [0.717, 1.165) is 11.0 Å². The summed E-state index contributed by atoms with van der Waals surface area (Å²) < 4.78 is 0. The van der Waals surface area contributed by atoms with E-state index in [9.17, 15) is 0 Å². The van der Waals surface area contributed by atoms with Gasteiger partial charge in [-0.1, -0.05) is 11.4 Å². The molecule has 1 nitrogen and oxygen atoms in total. The van der Waals surface area contributed by atoms with Gasteiger partial charge in [-0.2, -0.15) is 0 Å². The Labute approximate surface area is 55.5 Å². The molecule has 0 aliphatic rings. The summed E-state index contributed by atoms with van der Waals surface area (Å²) in [6, 6.07) is 1.92. The Hall–Kier alpha value is -1.23. The Bertz CT molecular complexity index is 249. The summed E-state index contributed by atoms with van der Waals surface area (Å²) in [5.74, 6) is 2.51. The minimum atomic E-state index is 0.843. The van der Waals surface area contributed by atoms with Crippen LogP contribution in [0.1, 0.15) is 5.56 Å². The van der Waals surface area contributed by atoms with Crippen molar-refractivity contribution in [1.29, 1.82) is 0 Å². The van der Waals surface area contributed by atoms with Crippen LogP contribution in [-0.2, 0) is 0 Å².